The molecule has 2 heterocycles. The maximum Gasteiger partial charge on any atom is 0.0738 e. The summed E-state index contributed by atoms with van der Waals surface area (Å²) in [6, 6.07) is 5.70. The molecule has 2 aromatic rings. The van der Waals surface area contributed by atoms with E-state index in [1.165, 1.54) is 0 Å². The van der Waals surface area contributed by atoms with Crippen LogP contribution >= 0.6 is 0 Å². The monoisotopic (exact) mass is 216 g/mol. The summed E-state index contributed by atoms with van der Waals surface area (Å²) < 4.78 is 1.96. The van der Waals surface area contributed by atoms with E-state index < -0.39 is 0 Å². The molecule has 0 aromatic carbocycles. The summed E-state index contributed by atoms with van der Waals surface area (Å²) in [5.74, 6) is 0. The van der Waals surface area contributed by atoms with E-state index in [0.717, 1.165) is 24.2 Å². The first-order valence-corrected chi connectivity index (χ1v) is 5.50. The second-order valence-electron chi connectivity index (χ2n) is 3.74. The topological polar surface area (TPSA) is 56.7 Å². The fourth-order valence-corrected chi connectivity index (χ4v) is 1.74. The average molecular weight is 216 g/mol. The maximum absolute atomic E-state index is 6.19. The Balaban J connectivity index is 2.27. The van der Waals surface area contributed by atoms with Gasteiger partial charge >= 0.3 is 0 Å². The molecule has 84 valence electrons. The molecule has 2 rings (SSSR count). The molecule has 0 aliphatic heterocycles. The summed E-state index contributed by atoms with van der Waals surface area (Å²) in [5, 5.41) is 4.27. The van der Waals surface area contributed by atoms with E-state index in [1.54, 1.807) is 18.6 Å². The highest BCUT2D eigenvalue weighted by molar-refractivity contribution is 5.24. The van der Waals surface area contributed by atoms with Crippen LogP contribution in [0.1, 0.15) is 30.6 Å². The summed E-state index contributed by atoms with van der Waals surface area (Å²) >= 11 is 0. The van der Waals surface area contributed by atoms with Gasteiger partial charge in [-0.3, -0.25) is 9.67 Å². The molecule has 0 fully saturated rings. The first-order chi connectivity index (χ1) is 7.83. The number of aryl methyl sites for hydroxylation is 1. The van der Waals surface area contributed by atoms with Crippen LogP contribution < -0.4 is 5.73 Å². The molecule has 0 saturated carbocycles. The SMILES string of the molecule is CCCn1nccc1C(N)c1cccnc1. The molecular weight excluding hydrogens is 200 g/mol. The lowest BCUT2D eigenvalue weighted by molar-refractivity contribution is 0.559. The minimum atomic E-state index is -0.150. The van der Waals surface area contributed by atoms with Gasteiger partial charge in [-0.2, -0.15) is 5.10 Å². The second-order valence-corrected chi connectivity index (χ2v) is 3.74. The third kappa shape index (κ3) is 2.12. The number of hydrogen-bond acceptors (Lipinski definition) is 3. The van der Waals surface area contributed by atoms with Crippen molar-refractivity contribution in [2.24, 2.45) is 5.73 Å². The van der Waals surface area contributed by atoms with Gasteiger partial charge in [-0.05, 0) is 24.1 Å². The van der Waals surface area contributed by atoms with Gasteiger partial charge in [-0.25, -0.2) is 0 Å². The summed E-state index contributed by atoms with van der Waals surface area (Å²) in [6.07, 6.45) is 6.39. The fourth-order valence-electron chi connectivity index (χ4n) is 1.74. The van der Waals surface area contributed by atoms with Gasteiger partial charge in [-0.15, -0.1) is 0 Å². The number of nitrogens with zero attached hydrogens (tertiary/aromatic N) is 3. The van der Waals surface area contributed by atoms with Crippen LogP contribution in [0.5, 0.6) is 0 Å². The Morgan fingerprint density at radius 3 is 2.94 bits per heavy atom. The van der Waals surface area contributed by atoms with Crippen molar-refractivity contribution in [3.63, 3.8) is 0 Å². The fraction of sp³-hybridized carbons (Fsp3) is 0.333. The average Bonchev–Trinajstić information content (AvgIpc) is 2.78. The molecule has 0 bridgehead atoms. The van der Waals surface area contributed by atoms with Crippen LogP contribution in [0.15, 0.2) is 36.8 Å². The van der Waals surface area contributed by atoms with Crippen LogP contribution in [0.2, 0.25) is 0 Å². The van der Waals surface area contributed by atoms with Crippen molar-refractivity contribution in [1.29, 1.82) is 0 Å². The van der Waals surface area contributed by atoms with E-state index in [0.29, 0.717) is 0 Å². The Bertz CT molecular complexity index is 435. The molecule has 0 amide bonds. The van der Waals surface area contributed by atoms with Crippen LogP contribution in [0.3, 0.4) is 0 Å². The number of nitrogens with two attached hydrogens (primary N) is 1. The Kier molecular flexibility index (Phi) is 3.31. The zero-order valence-electron chi connectivity index (χ0n) is 9.37. The molecule has 0 spiro atoms. The summed E-state index contributed by atoms with van der Waals surface area (Å²) in [6.45, 7) is 3.03. The Morgan fingerprint density at radius 2 is 2.25 bits per heavy atom. The van der Waals surface area contributed by atoms with Gasteiger partial charge in [0.05, 0.1) is 11.7 Å². The highest BCUT2D eigenvalue weighted by Crippen LogP contribution is 2.18. The smallest absolute Gasteiger partial charge is 0.0738 e. The van der Waals surface area contributed by atoms with E-state index in [-0.39, 0.29) is 6.04 Å². The number of hydrogen-bond donors (Lipinski definition) is 1. The first-order valence-electron chi connectivity index (χ1n) is 5.50. The summed E-state index contributed by atoms with van der Waals surface area (Å²) in [5.41, 5.74) is 8.24. The molecular formula is C12H16N4. The molecule has 0 aliphatic carbocycles. The summed E-state index contributed by atoms with van der Waals surface area (Å²) in [4.78, 5) is 4.08. The number of aromatic nitrogens is 3. The lowest BCUT2D eigenvalue weighted by Gasteiger charge is -2.13. The van der Waals surface area contributed by atoms with Crippen molar-refractivity contribution in [2.45, 2.75) is 25.9 Å². The number of rotatable bonds is 4. The lowest BCUT2D eigenvalue weighted by atomic mass is 10.1. The Labute approximate surface area is 95.1 Å². The second kappa shape index (κ2) is 4.90. The van der Waals surface area contributed by atoms with Crippen LogP contribution in [-0.4, -0.2) is 14.8 Å². The molecule has 16 heavy (non-hydrogen) atoms. The molecule has 2 aromatic heterocycles. The normalized spacial score (nSPS) is 12.6. The minimum Gasteiger partial charge on any atom is -0.319 e. The molecule has 2 N–H and O–H groups in total. The molecule has 4 nitrogen and oxygen atoms in total. The highest BCUT2D eigenvalue weighted by Gasteiger charge is 2.13. The standard InChI is InChI=1S/C12H16N4/c1-2-8-16-11(5-7-15-16)12(13)10-4-3-6-14-9-10/h3-7,9,12H,2,8,13H2,1H3. The third-order valence-electron chi connectivity index (χ3n) is 2.55. The summed E-state index contributed by atoms with van der Waals surface area (Å²) in [7, 11) is 0. The van der Waals surface area contributed by atoms with Crippen LogP contribution in [0, 0.1) is 0 Å². The van der Waals surface area contributed by atoms with Gasteiger partial charge < -0.3 is 5.73 Å². The predicted octanol–water partition coefficient (Wildman–Crippen LogP) is 1.74. The van der Waals surface area contributed by atoms with Crippen molar-refractivity contribution in [3.8, 4) is 0 Å². The van der Waals surface area contributed by atoms with Gasteiger partial charge in [0.25, 0.3) is 0 Å². The van der Waals surface area contributed by atoms with E-state index in [4.69, 9.17) is 5.73 Å². The molecule has 0 saturated heterocycles. The highest BCUT2D eigenvalue weighted by atomic mass is 15.3. The van der Waals surface area contributed by atoms with Crippen LogP contribution in [-0.2, 0) is 6.54 Å². The zero-order valence-corrected chi connectivity index (χ0v) is 9.37. The van der Waals surface area contributed by atoms with E-state index >= 15 is 0 Å². The number of pyridine rings is 1. The van der Waals surface area contributed by atoms with Gasteiger partial charge in [0, 0.05) is 25.1 Å². The van der Waals surface area contributed by atoms with Crippen molar-refractivity contribution < 1.29 is 0 Å². The van der Waals surface area contributed by atoms with Gasteiger partial charge in [0.15, 0.2) is 0 Å². The zero-order chi connectivity index (χ0) is 11.4. The van der Waals surface area contributed by atoms with Gasteiger partial charge in [0.2, 0.25) is 0 Å². The molecule has 0 radical (unpaired) electrons. The van der Waals surface area contributed by atoms with Crippen molar-refractivity contribution in [3.05, 3.63) is 48.0 Å². The van der Waals surface area contributed by atoms with Crippen molar-refractivity contribution in [2.75, 3.05) is 0 Å². The molecule has 1 unspecified atom stereocenters. The van der Waals surface area contributed by atoms with E-state index in [9.17, 15) is 0 Å². The van der Waals surface area contributed by atoms with Crippen LogP contribution in [0.25, 0.3) is 0 Å². The van der Waals surface area contributed by atoms with E-state index in [1.807, 2.05) is 22.9 Å². The minimum absolute atomic E-state index is 0.150. The Morgan fingerprint density at radius 1 is 1.38 bits per heavy atom. The molecule has 1 atom stereocenters. The Hall–Kier alpha value is -1.68. The molecule has 0 aliphatic rings. The van der Waals surface area contributed by atoms with Crippen molar-refractivity contribution >= 4 is 0 Å². The largest absolute Gasteiger partial charge is 0.319 e. The predicted molar refractivity (Wildman–Crippen MR) is 62.8 cm³/mol. The maximum atomic E-state index is 6.19. The van der Waals surface area contributed by atoms with E-state index in [2.05, 4.69) is 17.0 Å². The first kappa shape index (κ1) is 10.8. The quantitative estimate of drug-likeness (QED) is 0.846. The third-order valence-corrected chi connectivity index (χ3v) is 2.55. The van der Waals surface area contributed by atoms with Gasteiger partial charge in [-0.1, -0.05) is 13.0 Å². The van der Waals surface area contributed by atoms with Crippen LogP contribution in [0.4, 0.5) is 0 Å². The van der Waals surface area contributed by atoms with Crippen molar-refractivity contribution in [1.82, 2.24) is 14.8 Å². The molecule has 4 heteroatoms. The lowest BCUT2D eigenvalue weighted by Crippen LogP contribution is -2.17. The van der Waals surface area contributed by atoms with Gasteiger partial charge in [0.1, 0.15) is 0 Å².